The molecule has 1 aliphatic carbocycles. The van der Waals surface area contributed by atoms with Gasteiger partial charge < -0.3 is 4.74 Å². The van der Waals surface area contributed by atoms with E-state index in [1.165, 1.54) is 0 Å². The number of hydrogen-bond donors (Lipinski definition) is 1. The molecule has 0 fully saturated rings. The lowest BCUT2D eigenvalue weighted by Crippen LogP contribution is -2.41. The molecule has 3 rings (SSSR count). The van der Waals surface area contributed by atoms with E-state index in [4.69, 9.17) is 8.92 Å². The average molecular weight is 362 g/mol. The van der Waals surface area contributed by atoms with Crippen LogP contribution in [0, 0.1) is 0 Å². The van der Waals surface area contributed by atoms with Gasteiger partial charge in [-0.15, -0.1) is 0 Å². The molecular formula is C18H18O6S. The Morgan fingerprint density at radius 1 is 1.04 bits per heavy atom. The summed E-state index contributed by atoms with van der Waals surface area (Å²) in [4.78, 5) is 12.9. The lowest BCUT2D eigenvalue weighted by molar-refractivity contribution is -0.159. The molecule has 0 aliphatic heterocycles. The zero-order valence-corrected chi connectivity index (χ0v) is 14.5. The predicted molar refractivity (Wildman–Crippen MR) is 91.2 cm³/mol. The van der Waals surface area contributed by atoms with Gasteiger partial charge in [0, 0.05) is 11.1 Å². The molecule has 0 aromatic heterocycles. The smallest absolute Gasteiger partial charge is 0.399 e. The highest BCUT2D eigenvalue weighted by Crippen LogP contribution is 2.50. The molecule has 7 heteroatoms. The molecule has 6 nitrogen and oxygen atoms in total. The van der Waals surface area contributed by atoms with E-state index < -0.39 is 22.0 Å². The van der Waals surface area contributed by atoms with Gasteiger partial charge in [0.05, 0.1) is 6.61 Å². The molecule has 0 radical (unpaired) electrons. The number of ether oxygens (including phenoxy) is 1. The van der Waals surface area contributed by atoms with Crippen LogP contribution in [0.25, 0.3) is 11.1 Å². The normalized spacial score (nSPS) is 14.6. The van der Waals surface area contributed by atoms with Crippen LogP contribution in [-0.2, 0) is 29.7 Å². The van der Waals surface area contributed by atoms with Crippen LogP contribution in [0.2, 0.25) is 0 Å². The van der Waals surface area contributed by atoms with Crippen molar-refractivity contribution in [2.24, 2.45) is 0 Å². The summed E-state index contributed by atoms with van der Waals surface area (Å²) < 4.78 is 42.8. The van der Waals surface area contributed by atoms with Crippen LogP contribution in [-0.4, -0.2) is 25.5 Å². The monoisotopic (exact) mass is 362 g/mol. The van der Waals surface area contributed by atoms with E-state index >= 15 is 0 Å². The Morgan fingerprint density at radius 3 is 2.04 bits per heavy atom. The van der Waals surface area contributed by atoms with E-state index in [9.17, 15) is 17.8 Å². The van der Waals surface area contributed by atoms with Gasteiger partial charge in [0.2, 0.25) is 5.60 Å². The summed E-state index contributed by atoms with van der Waals surface area (Å²) in [7, 11) is -4.93. The Labute approximate surface area is 146 Å². The quantitative estimate of drug-likeness (QED) is 0.482. The van der Waals surface area contributed by atoms with E-state index in [1.54, 1.807) is 48.5 Å². The first-order valence-electron chi connectivity index (χ1n) is 7.95. The second-order valence-electron chi connectivity index (χ2n) is 5.77. The Morgan fingerprint density at radius 2 is 1.56 bits per heavy atom. The molecule has 2 aromatic carbocycles. The van der Waals surface area contributed by atoms with E-state index in [2.05, 4.69) is 0 Å². The zero-order valence-electron chi connectivity index (χ0n) is 13.6. The highest BCUT2D eigenvalue weighted by Gasteiger charge is 2.54. The SMILES string of the molecule is CCCCOC(=O)C1(OS(=O)(=O)O)c2ccccc2-c2ccccc21. The minimum absolute atomic E-state index is 0.135. The summed E-state index contributed by atoms with van der Waals surface area (Å²) >= 11 is 0. The second-order valence-corrected chi connectivity index (χ2v) is 6.80. The molecule has 0 saturated heterocycles. The van der Waals surface area contributed by atoms with Crippen LogP contribution in [0.5, 0.6) is 0 Å². The predicted octanol–water partition coefficient (Wildman–Crippen LogP) is 3.07. The van der Waals surface area contributed by atoms with Crippen LogP contribution in [0.3, 0.4) is 0 Å². The third-order valence-electron chi connectivity index (χ3n) is 4.15. The average Bonchev–Trinajstić information content (AvgIpc) is 2.86. The minimum atomic E-state index is -4.93. The lowest BCUT2D eigenvalue weighted by atomic mass is 9.91. The topological polar surface area (TPSA) is 89.9 Å². The largest absolute Gasteiger partial charge is 0.463 e. The van der Waals surface area contributed by atoms with Gasteiger partial charge in [-0.3, -0.25) is 4.55 Å². The summed E-state index contributed by atoms with van der Waals surface area (Å²) in [5.74, 6) is -0.865. The van der Waals surface area contributed by atoms with Gasteiger partial charge in [-0.25, -0.2) is 8.98 Å². The number of rotatable bonds is 6. The van der Waals surface area contributed by atoms with Crippen molar-refractivity contribution in [1.29, 1.82) is 0 Å². The fourth-order valence-corrected chi connectivity index (χ4v) is 3.67. The standard InChI is InChI=1S/C18H18O6S/c1-2-3-12-23-17(19)18(24-25(20,21)22)15-10-6-4-8-13(15)14-9-5-7-11-16(14)18/h4-11H,2-3,12H2,1H3,(H,20,21,22). The number of unbranched alkanes of at least 4 members (excludes halogenated alkanes) is 1. The van der Waals surface area contributed by atoms with E-state index in [1.807, 2.05) is 6.92 Å². The van der Waals surface area contributed by atoms with Gasteiger partial charge in [-0.1, -0.05) is 61.9 Å². The Balaban J connectivity index is 2.22. The summed E-state index contributed by atoms with van der Waals surface area (Å²) in [5, 5.41) is 0. The minimum Gasteiger partial charge on any atom is -0.463 e. The van der Waals surface area contributed by atoms with Gasteiger partial charge in [0.15, 0.2) is 0 Å². The molecule has 25 heavy (non-hydrogen) atoms. The third kappa shape index (κ3) is 3.06. The Bertz CT molecular complexity index is 858. The van der Waals surface area contributed by atoms with Crippen LogP contribution in [0.4, 0.5) is 0 Å². The van der Waals surface area contributed by atoms with Crippen LogP contribution in [0.1, 0.15) is 30.9 Å². The molecule has 0 unspecified atom stereocenters. The first-order chi connectivity index (χ1) is 11.9. The van der Waals surface area contributed by atoms with E-state index in [0.29, 0.717) is 28.7 Å². The van der Waals surface area contributed by atoms with E-state index in [0.717, 1.165) is 6.42 Å². The molecule has 0 saturated carbocycles. The molecule has 1 aliphatic rings. The zero-order chi connectivity index (χ0) is 18.1. The molecule has 2 aromatic rings. The van der Waals surface area contributed by atoms with Gasteiger partial charge >= 0.3 is 16.4 Å². The summed E-state index contributed by atoms with van der Waals surface area (Å²) in [6.07, 6.45) is 1.45. The molecule has 0 amide bonds. The Hall–Kier alpha value is -2.22. The number of esters is 1. The number of carbonyl (C=O) groups excluding carboxylic acids is 1. The van der Waals surface area contributed by atoms with Crippen LogP contribution >= 0.6 is 0 Å². The molecule has 132 valence electrons. The summed E-state index contributed by atoms with van der Waals surface area (Å²) in [6, 6.07) is 13.6. The van der Waals surface area contributed by atoms with Crippen molar-refractivity contribution in [3.05, 3.63) is 59.7 Å². The number of hydrogen-bond acceptors (Lipinski definition) is 5. The van der Waals surface area contributed by atoms with Gasteiger partial charge in [0.25, 0.3) is 0 Å². The van der Waals surface area contributed by atoms with Crippen molar-refractivity contribution in [2.45, 2.75) is 25.4 Å². The van der Waals surface area contributed by atoms with E-state index in [-0.39, 0.29) is 6.61 Å². The molecule has 0 bridgehead atoms. The summed E-state index contributed by atoms with van der Waals surface area (Å²) in [6.45, 7) is 2.08. The number of benzene rings is 2. The maximum absolute atomic E-state index is 12.9. The maximum Gasteiger partial charge on any atom is 0.399 e. The van der Waals surface area contributed by atoms with Crippen LogP contribution in [0.15, 0.2) is 48.5 Å². The van der Waals surface area contributed by atoms with Crippen molar-refractivity contribution in [3.8, 4) is 11.1 Å². The third-order valence-corrected chi connectivity index (χ3v) is 4.61. The van der Waals surface area contributed by atoms with Crippen molar-refractivity contribution in [2.75, 3.05) is 6.61 Å². The highest BCUT2D eigenvalue weighted by atomic mass is 32.3. The Kier molecular flexibility index (Phi) is 4.64. The van der Waals surface area contributed by atoms with Gasteiger partial charge in [0.1, 0.15) is 0 Å². The molecule has 1 N–H and O–H groups in total. The summed E-state index contributed by atoms with van der Waals surface area (Å²) in [5.41, 5.74) is -0.0665. The molecular weight excluding hydrogens is 344 g/mol. The van der Waals surface area contributed by atoms with Crippen molar-refractivity contribution < 1.29 is 26.7 Å². The number of fused-ring (bicyclic) bond motifs is 3. The van der Waals surface area contributed by atoms with Crippen LogP contribution < -0.4 is 0 Å². The maximum atomic E-state index is 12.9. The molecule has 0 atom stereocenters. The van der Waals surface area contributed by atoms with Gasteiger partial charge in [-0.2, -0.15) is 8.42 Å². The fraction of sp³-hybridized carbons (Fsp3) is 0.278. The second kappa shape index (κ2) is 6.59. The molecule has 0 heterocycles. The number of carbonyl (C=O) groups is 1. The highest BCUT2D eigenvalue weighted by molar-refractivity contribution is 7.81. The first kappa shape index (κ1) is 17.6. The van der Waals surface area contributed by atoms with Gasteiger partial charge in [-0.05, 0) is 17.5 Å². The first-order valence-corrected chi connectivity index (χ1v) is 9.31. The van der Waals surface area contributed by atoms with Crippen molar-refractivity contribution >= 4 is 16.4 Å². The van der Waals surface area contributed by atoms with Crippen molar-refractivity contribution in [1.82, 2.24) is 0 Å². The molecule has 0 spiro atoms. The van der Waals surface area contributed by atoms with Crippen molar-refractivity contribution in [3.63, 3.8) is 0 Å². The fourth-order valence-electron chi connectivity index (χ4n) is 3.11. The lowest BCUT2D eigenvalue weighted by Gasteiger charge is -2.27.